The maximum absolute atomic E-state index is 13.4. The van der Waals surface area contributed by atoms with E-state index in [-0.39, 0.29) is 23.4 Å². The van der Waals surface area contributed by atoms with Crippen molar-refractivity contribution >= 4 is 17.4 Å². The Kier molecular flexibility index (Phi) is 3.14. The summed E-state index contributed by atoms with van der Waals surface area (Å²) < 4.78 is 26.7. The number of halogens is 2. The molecule has 0 aliphatic carbocycles. The molecule has 0 radical (unpaired) electrons. The normalized spacial score (nSPS) is 20.6. The average Bonchev–Trinajstić information content (AvgIpc) is 2.67. The van der Waals surface area contributed by atoms with Gasteiger partial charge in [0.15, 0.2) is 0 Å². The molecule has 1 nitrogen and oxygen atoms in total. The van der Waals surface area contributed by atoms with E-state index in [2.05, 4.69) is 5.32 Å². The quantitative estimate of drug-likeness (QED) is 0.835. The second kappa shape index (κ2) is 4.39. The van der Waals surface area contributed by atoms with Gasteiger partial charge in [-0.3, -0.25) is 0 Å². The molecule has 2 rings (SSSR count). The third-order valence-electron chi connectivity index (χ3n) is 2.54. The lowest BCUT2D eigenvalue weighted by atomic mass is 10.2. The highest BCUT2D eigenvalue weighted by molar-refractivity contribution is 7.99. The number of benzene rings is 1. The van der Waals surface area contributed by atoms with Crippen molar-refractivity contribution in [2.75, 3.05) is 16.8 Å². The minimum atomic E-state index is -0.370. The van der Waals surface area contributed by atoms with Crippen molar-refractivity contribution < 1.29 is 8.78 Å². The summed E-state index contributed by atoms with van der Waals surface area (Å²) in [6, 6.07) is 2.75. The summed E-state index contributed by atoms with van der Waals surface area (Å²) in [5.41, 5.74) is 0.629. The molecule has 1 fully saturated rings. The van der Waals surface area contributed by atoms with Gasteiger partial charge >= 0.3 is 0 Å². The first-order valence-electron chi connectivity index (χ1n) is 4.97. The van der Waals surface area contributed by atoms with Crippen molar-refractivity contribution in [1.82, 2.24) is 0 Å². The minimum absolute atomic E-state index is 0.270. The maximum Gasteiger partial charge on any atom is 0.146 e. The zero-order valence-corrected chi connectivity index (χ0v) is 9.33. The Morgan fingerprint density at radius 2 is 2.13 bits per heavy atom. The summed E-state index contributed by atoms with van der Waals surface area (Å²) in [6.07, 6.45) is 1.01. The van der Waals surface area contributed by atoms with Gasteiger partial charge in [0.25, 0.3) is 0 Å². The molecule has 1 saturated heterocycles. The number of hydrogen-bond acceptors (Lipinski definition) is 2. The Morgan fingerprint density at radius 3 is 2.80 bits per heavy atom. The van der Waals surface area contributed by atoms with Crippen LogP contribution in [0.1, 0.15) is 12.0 Å². The van der Waals surface area contributed by atoms with E-state index in [0.29, 0.717) is 5.56 Å². The van der Waals surface area contributed by atoms with Crippen LogP contribution in [-0.2, 0) is 0 Å². The monoisotopic (exact) mass is 229 g/mol. The van der Waals surface area contributed by atoms with Crippen molar-refractivity contribution in [3.63, 3.8) is 0 Å². The molecule has 4 heteroatoms. The number of aryl methyl sites for hydroxylation is 1. The molecule has 1 aromatic carbocycles. The molecule has 1 aromatic rings. The van der Waals surface area contributed by atoms with Crippen LogP contribution in [-0.4, -0.2) is 17.5 Å². The number of nitrogens with one attached hydrogen (secondary N) is 1. The highest BCUT2D eigenvalue weighted by Gasteiger charge is 2.17. The molecular formula is C11H13F2NS. The summed E-state index contributed by atoms with van der Waals surface area (Å²) in [5, 5.41) is 3.04. The molecule has 1 atom stereocenters. The maximum atomic E-state index is 13.4. The Morgan fingerprint density at radius 1 is 1.33 bits per heavy atom. The second-order valence-electron chi connectivity index (χ2n) is 3.79. The number of rotatable bonds is 2. The number of hydrogen-bond donors (Lipinski definition) is 1. The molecule has 1 heterocycles. The predicted octanol–water partition coefficient (Wildman–Crippen LogP) is 3.19. The van der Waals surface area contributed by atoms with Crippen LogP contribution in [0.4, 0.5) is 14.5 Å². The molecule has 0 bridgehead atoms. The fourth-order valence-electron chi connectivity index (χ4n) is 1.63. The van der Waals surface area contributed by atoms with Crippen LogP contribution in [0.2, 0.25) is 0 Å². The van der Waals surface area contributed by atoms with Crippen molar-refractivity contribution in [3.8, 4) is 0 Å². The van der Waals surface area contributed by atoms with Gasteiger partial charge in [0.05, 0.1) is 5.69 Å². The average molecular weight is 229 g/mol. The van der Waals surface area contributed by atoms with Crippen LogP contribution in [0.25, 0.3) is 0 Å². The molecule has 82 valence electrons. The van der Waals surface area contributed by atoms with E-state index < -0.39 is 0 Å². The summed E-state index contributed by atoms with van der Waals surface area (Å²) in [5.74, 6) is 1.33. The summed E-state index contributed by atoms with van der Waals surface area (Å²) in [6.45, 7) is 1.56. The first kappa shape index (κ1) is 10.7. The van der Waals surface area contributed by atoms with E-state index in [0.717, 1.165) is 17.9 Å². The predicted molar refractivity (Wildman–Crippen MR) is 60.4 cm³/mol. The van der Waals surface area contributed by atoms with Crippen molar-refractivity contribution in [2.45, 2.75) is 19.4 Å². The smallest absolute Gasteiger partial charge is 0.146 e. The van der Waals surface area contributed by atoms with Gasteiger partial charge in [0.2, 0.25) is 0 Å². The van der Waals surface area contributed by atoms with E-state index in [1.165, 1.54) is 12.1 Å². The van der Waals surface area contributed by atoms with E-state index in [1.807, 2.05) is 11.8 Å². The van der Waals surface area contributed by atoms with Crippen molar-refractivity contribution in [2.24, 2.45) is 0 Å². The van der Waals surface area contributed by atoms with Gasteiger partial charge in [0, 0.05) is 17.9 Å². The van der Waals surface area contributed by atoms with Crippen LogP contribution in [0.5, 0.6) is 0 Å². The van der Waals surface area contributed by atoms with Gasteiger partial charge < -0.3 is 5.32 Å². The molecule has 15 heavy (non-hydrogen) atoms. The summed E-state index contributed by atoms with van der Waals surface area (Å²) in [7, 11) is 0. The van der Waals surface area contributed by atoms with Crippen LogP contribution >= 0.6 is 11.8 Å². The Labute approximate surface area is 92.3 Å². The molecule has 1 aliphatic heterocycles. The number of thioether (sulfide) groups is 1. The van der Waals surface area contributed by atoms with E-state index in [4.69, 9.17) is 0 Å². The Bertz CT molecular complexity index is 362. The minimum Gasteiger partial charge on any atom is -0.379 e. The van der Waals surface area contributed by atoms with Gasteiger partial charge in [-0.15, -0.1) is 0 Å². The van der Waals surface area contributed by atoms with Gasteiger partial charge in [-0.2, -0.15) is 11.8 Å². The molecule has 1 unspecified atom stereocenters. The first-order chi connectivity index (χ1) is 7.16. The van der Waals surface area contributed by atoms with E-state index >= 15 is 0 Å². The lowest BCUT2D eigenvalue weighted by Gasteiger charge is -2.14. The number of anilines is 1. The highest BCUT2D eigenvalue weighted by atomic mass is 32.2. The second-order valence-corrected chi connectivity index (χ2v) is 4.94. The van der Waals surface area contributed by atoms with Gasteiger partial charge in [-0.05, 0) is 30.7 Å². The van der Waals surface area contributed by atoms with Crippen LogP contribution in [0.3, 0.4) is 0 Å². The van der Waals surface area contributed by atoms with E-state index in [1.54, 1.807) is 6.92 Å². The molecule has 0 aromatic heterocycles. The molecular weight excluding hydrogens is 216 g/mol. The SMILES string of the molecule is Cc1cc(F)c(NC2CCSC2)cc1F. The molecule has 1 N–H and O–H groups in total. The van der Waals surface area contributed by atoms with Gasteiger partial charge in [-0.1, -0.05) is 0 Å². The largest absolute Gasteiger partial charge is 0.379 e. The van der Waals surface area contributed by atoms with Crippen LogP contribution in [0.15, 0.2) is 12.1 Å². The molecule has 0 saturated carbocycles. The van der Waals surface area contributed by atoms with Gasteiger partial charge in [-0.25, -0.2) is 8.78 Å². The third-order valence-corrected chi connectivity index (χ3v) is 3.70. The van der Waals surface area contributed by atoms with E-state index in [9.17, 15) is 8.78 Å². The van der Waals surface area contributed by atoms with Crippen LogP contribution < -0.4 is 5.32 Å². The van der Waals surface area contributed by atoms with Crippen LogP contribution in [0, 0.1) is 18.6 Å². The fraction of sp³-hybridized carbons (Fsp3) is 0.455. The Balaban J connectivity index is 2.16. The van der Waals surface area contributed by atoms with Crippen molar-refractivity contribution in [1.29, 1.82) is 0 Å². The fourth-order valence-corrected chi connectivity index (χ4v) is 2.78. The lowest BCUT2D eigenvalue weighted by molar-refractivity contribution is 0.592. The standard InChI is InChI=1S/C11H13F2NS/c1-7-4-10(13)11(5-9(7)12)14-8-2-3-15-6-8/h4-5,8,14H,2-3,6H2,1H3. The molecule has 0 amide bonds. The van der Waals surface area contributed by atoms with Crippen molar-refractivity contribution in [3.05, 3.63) is 29.3 Å². The zero-order valence-electron chi connectivity index (χ0n) is 8.52. The van der Waals surface area contributed by atoms with Gasteiger partial charge in [0.1, 0.15) is 11.6 Å². The lowest BCUT2D eigenvalue weighted by Crippen LogP contribution is -2.19. The molecule has 0 spiro atoms. The zero-order chi connectivity index (χ0) is 10.8. The summed E-state index contributed by atoms with van der Waals surface area (Å²) >= 11 is 1.84. The first-order valence-corrected chi connectivity index (χ1v) is 6.12. The Hall–Kier alpha value is -0.770. The third kappa shape index (κ3) is 2.43. The highest BCUT2D eigenvalue weighted by Crippen LogP contribution is 2.24. The molecule has 1 aliphatic rings. The topological polar surface area (TPSA) is 12.0 Å². The summed E-state index contributed by atoms with van der Waals surface area (Å²) in [4.78, 5) is 0.